The van der Waals surface area contributed by atoms with E-state index in [4.69, 9.17) is 10.5 Å². The third kappa shape index (κ3) is 4.19. The number of benzene rings is 2. The van der Waals surface area contributed by atoms with Crippen LogP contribution in [0, 0.1) is 12.7 Å². The summed E-state index contributed by atoms with van der Waals surface area (Å²) >= 11 is 3.05. The van der Waals surface area contributed by atoms with Crippen LogP contribution in [0.2, 0.25) is 0 Å². The van der Waals surface area contributed by atoms with Crippen LogP contribution in [0.15, 0.2) is 40.9 Å². The second kappa shape index (κ2) is 6.58. The van der Waals surface area contributed by atoms with E-state index in [1.54, 1.807) is 12.1 Å². The normalized spacial score (nSPS) is 10.2. The monoisotopic (exact) mass is 352 g/mol. The molecule has 6 heteroatoms. The Labute approximate surface area is 130 Å². The number of nitrogen functional groups attached to an aromatic ring is 1. The SMILES string of the molecule is Cc1ccc(NC(=O)COc2ccc(F)c(Br)c2)cc1N. The zero-order valence-electron chi connectivity index (χ0n) is 11.3. The summed E-state index contributed by atoms with van der Waals surface area (Å²) in [5, 5.41) is 2.68. The molecule has 4 nitrogen and oxygen atoms in total. The molecule has 0 aliphatic rings. The minimum atomic E-state index is -0.387. The molecule has 0 saturated carbocycles. The van der Waals surface area contributed by atoms with E-state index in [1.807, 2.05) is 13.0 Å². The summed E-state index contributed by atoms with van der Waals surface area (Å²) in [6, 6.07) is 9.45. The largest absolute Gasteiger partial charge is 0.484 e. The number of halogens is 2. The van der Waals surface area contributed by atoms with Gasteiger partial charge in [-0.05, 0) is 58.7 Å². The first-order chi connectivity index (χ1) is 9.95. The lowest BCUT2D eigenvalue weighted by atomic mass is 10.2. The number of aryl methyl sites for hydroxylation is 1. The first-order valence-corrected chi connectivity index (χ1v) is 6.99. The van der Waals surface area contributed by atoms with Gasteiger partial charge in [-0.3, -0.25) is 4.79 Å². The molecule has 0 fully saturated rings. The van der Waals surface area contributed by atoms with E-state index in [-0.39, 0.29) is 22.8 Å². The molecule has 2 aromatic rings. The van der Waals surface area contributed by atoms with Crippen molar-refractivity contribution < 1.29 is 13.9 Å². The number of carbonyl (C=O) groups excluding carboxylic acids is 1. The summed E-state index contributed by atoms with van der Waals surface area (Å²) in [7, 11) is 0. The summed E-state index contributed by atoms with van der Waals surface area (Å²) < 4.78 is 18.6. The minimum absolute atomic E-state index is 0.175. The molecular formula is C15H14BrFN2O2. The van der Waals surface area contributed by atoms with E-state index < -0.39 is 0 Å². The average molecular weight is 353 g/mol. The van der Waals surface area contributed by atoms with Crippen molar-refractivity contribution in [3.05, 3.63) is 52.3 Å². The first kappa shape index (κ1) is 15.3. The zero-order chi connectivity index (χ0) is 15.4. The van der Waals surface area contributed by atoms with Crippen LogP contribution in [-0.4, -0.2) is 12.5 Å². The predicted molar refractivity (Wildman–Crippen MR) is 83.8 cm³/mol. The fourth-order valence-corrected chi connectivity index (χ4v) is 1.99. The van der Waals surface area contributed by atoms with Crippen LogP contribution >= 0.6 is 15.9 Å². The number of rotatable bonds is 4. The number of nitrogens with one attached hydrogen (secondary N) is 1. The van der Waals surface area contributed by atoms with Gasteiger partial charge in [0.15, 0.2) is 6.61 Å². The Bertz CT molecular complexity index is 677. The lowest BCUT2D eigenvalue weighted by Crippen LogP contribution is -2.20. The number of amides is 1. The summed E-state index contributed by atoms with van der Waals surface area (Å²) in [5.41, 5.74) is 7.93. The molecule has 21 heavy (non-hydrogen) atoms. The molecule has 0 heterocycles. The van der Waals surface area contributed by atoms with E-state index in [0.29, 0.717) is 17.1 Å². The highest BCUT2D eigenvalue weighted by Crippen LogP contribution is 2.22. The Hall–Kier alpha value is -2.08. The van der Waals surface area contributed by atoms with Gasteiger partial charge in [-0.25, -0.2) is 4.39 Å². The Morgan fingerprint density at radius 2 is 2.10 bits per heavy atom. The Morgan fingerprint density at radius 3 is 2.76 bits per heavy atom. The number of hydrogen-bond donors (Lipinski definition) is 2. The maximum atomic E-state index is 13.1. The molecule has 0 aliphatic heterocycles. The van der Waals surface area contributed by atoms with E-state index in [1.165, 1.54) is 18.2 Å². The van der Waals surface area contributed by atoms with Crippen molar-refractivity contribution in [3.63, 3.8) is 0 Å². The second-order valence-corrected chi connectivity index (χ2v) is 5.34. The molecule has 0 aromatic heterocycles. The smallest absolute Gasteiger partial charge is 0.262 e. The van der Waals surface area contributed by atoms with Gasteiger partial charge in [0.05, 0.1) is 4.47 Å². The molecule has 0 unspecified atom stereocenters. The lowest BCUT2D eigenvalue weighted by Gasteiger charge is -2.09. The van der Waals surface area contributed by atoms with Crippen molar-refractivity contribution in [1.29, 1.82) is 0 Å². The van der Waals surface area contributed by atoms with E-state index in [0.717, 1.165) is 5.56 Å². The van der Waals surface area contributed by atoms with Gasteiger partial charge in [0.1, 0.15) is 11.6 Å². The van der Waals surface area contributed by atoms with Crippen molar-refractivity contribution in [1.82, 2.24) is 0 Å². The maximum absolute atomic E-state index is 13.1. The number of ether oxygens (including phenoxy) is 1. The van der Waals surface area contributed by atoms with Crippen LogP contribution in [-0.2, 0) is 4.79 Å². The highest BCUT2D eigenvalue weighted by molar-refractivity contribution is 9.10. The van der Waals surface area contributed by atoms with E-state index in [2.05, 4.69) is 21.2 Å². The van der Waals surface area contributed by atoms with Gasteiger partial charge in [-0.1, -0.05) is 6.07 Å². The fourth-order valence-electron chi connectivity index (χ4n) is 1.63. The molecule has 1 amide bonds. The third-order valence-corrected chi connectivity index (χ3v) is 3.43. The van der Waals surface area contributed by atoms with Gasteiger partial charge in [0.2, 0.25) is 0 Å². The van der Waals surface area contributed by atoms with Gasteiger partial charge < -0.3 is 15.8 Å². The van der Waals surface area contributed by atoms with E-state index >= 15 is 0 Å². The highest BCUT2D eigenvalue weighted by atomic mass is 79.9. The van der Waals surface area contributed by atoms with Gasteiger partial charge in [-0.2, -0.15) is 0 Å². The highest BCUT2D eigenvalue weighted by Gasteiger charge is 2.06. The molecule has 110 valence electrons. The first-order valence-electron chi connectivity index (χ1n) is 6.19. The number of carbonyl (C=O) groups is 1. The Kier molecular flexibility index (Phi) is 4.80. The summed E-state index contributed by atoms with van der Waals surface area (Å²) in [6.45, 7) is 1.71. The van der Waals surface area contributed by atoms with Crippen LogP contribution in [0.25, 0.3) is 0 Å². The zero-order valence-corrected chi connectivity index (χ0v) is 12.9. The molecule has 0 atom stereocenters. The standard InChI is InChI=1S/C15H14BrFN2O2/c1-9-2-3-10(6-14(9)18)19-15(20)8-21-11-4-5-13(17)12(16)7-11/h2-7H,8,18H2,1H3,(H,19,20). The Balaban J connectivity index is 1.92. The predicted octanol–water partition coefficient (Wildman–Crippen LogP) is 3.50. The molecule has 0 saturated heterocycles. The van der Waals surface area contributed by atoms with Gasteiger partial charge >= 0.3 is 0 Å². The Morgan fingerprint density at radius 1 is 1.33 bits per heavy atom. The van der Waals surface area contributed by atoms with Gasteiger partial charge in [0.25, 0.3) is 5.91 Å². The number of nitrogens with two attached hydrogens (primary N) is 1. The van der Waals surface area contributed by atoms with Gasteiger partial charge in [0, 0.05) is 11.4 Å². The molecule has 3 N–H and O–H groups in total. The summed E-state index contributed by atoms with van der Waals surface area (Å²) in [6.07, 6.45) is 0. The van der Waals surface area contributed by atoms with Crippen LogP contribution in [0.1, 0.15) is 5.56 Å². The summed E-state index contributed by atoms with van der Waals surface area (Å²) in [4.78, 5) is 11.8. The van der Waals surface area contributed by atoms with Crippen LogP contribution in [0.5, 0.6) is 5.75 Å². The second-order valence-electron chi connectivity index (χ2n) is 4.48. The van der Waals surface area contributed by atoms with Crippen LogP contribution in [0.4, 0.5) is 15.8 Å². The van der Waals surface area contributed by atoms with Crippen LogP contribution < -0.4 is 15.8 Å². The molecule has 2 aromatic carbocycles. The van der Waals surface area contributed by atoms with Gasteiger partial charge in [-0.15, -0.1) is 0 Å². The summed E-state index contributed by atoms with van der Waals surface area (Å²) in [5.74, 6) is -0.303. The third-order valence-electron chi connectivity index (χ3n) is 2.82. The molecule has 0 spiro atoms. The van der Waals surface area contributed by atoms with E-state index in [9.17, 15) is 9.18 Å². The average Bonchev–Trinajstić information content (AvgIpc) is 2.44. The van der Waals surface area contributed by atoms with Crippen molar-refractivity contribution in [3.8, 4) is 5.75 Å². The molecule has 0 radical (unpaired) electrons. The molecule has 2 rings (SSSR count). The molecule has 0 aliphatic carbocycles. The molecular weight excluding hydrogens is 339 g/mol. The minimum Gasteiger partial charge on any atom is -0.484 e. The lowest BCUT2D eigenvalue weighted by molar-refractivity contribution is -0.118. The number of hydrogen-bond acceptors (Lipinski definition) is 3. The van der Waals surface area contributed by atoms with Crippen molar-refractivity contribution in [2.24, 2.45) is 0 Å². The van der Waals surface area contributed by atoms with Crippen LogP contribution in [0.3, 0.4) is 0 Å². The molecule has 0 bridgehead atoms. The van der Waals surface area contributed by atoms with Crippen molar-refractivity contribution in [2.75, 3.05) is 17.7 Å². The van der Waals surface area contributed by atoms with Crippen molar-refractivity contribution in [2.45, 2.75) is 6.92 Å². The number of anilines is 2. The van der Waals surface area contributed by atoms with Crippen molar-refractivity contribution >= 4 is 33.2 Å². The fraction of sp³-hybridized carbons (Fsp3) is 0.133. The topological polar surface area (TPSA) is 64.3 Å². The quantitative estimate of drug-likeness (QED) is 0.827. The maximum Gasteiger partial charge on any atom is 0.262 e.